The zero-order valence-corrected chi connectivity index (χ0v) is 14.5. The molecule has 3 aromatic rings. The van der Waals surface area contributed by atoms with Gasteiger partial charge in [-0.3, -0.25) is 4.79 Å². The molecule has 2 aromatic heterocycles. The zero-order chi connectivity index (χ0) is 18.0. The van der Waals surface area contributed by atoms with Crippen LogP contribution in [0.4, 0.5) is 5.82 Å². The van der Waals surface area contributed by atoms with Crippen molar-refractivity contribution in [1.82, 2.24) is 20.3 Å². The summed E-state index contributed by atoms with van der Waals surface area (Å²) in [4.78, 5) is 35.4. The lowest BCUT2D eigenvalue weighted by Crippen LogP contribution is -2.26. The summed E-state index contributed by atoms with van der Waals surface area (Å²) in [6.07, 6.45) is 1.77. The number of rotatable bonds is 5. The maximum absolute atomic E-state index is 12.3. The molecular weight excluding hydrogens is 318 g/mol. The topological polar surface area (TPSA) is 93.9 Å². The van der Waals surface area contributed by atoms with Crippen LogP contribution in [0.3, 0.4) is 0 Å². The fraction of sp³-hybridized carbons (Fsp3) is 0.278. The van der Waals surface area contributed by atoms with E-state index in [4.69, 9.17) is 0 Å². The molecular formula is C18H21N5O2. The number of imidazole rings is 1. The van der Waals surface area contributed by atoms with Gasteiger partial charge < -0.3 is 20.2 Å². The molecule has 1 aromatic carbocycles. The summed E-state index contributed by atoms with van der Waals surface area (Å²) < 4.78 is 0. The van der Waals surface area contributed by atoms with E-state index in [1.165, 1.54) is 0 Å². The summed E-state index contributed by atoms with van der Waals surface area (Å²) in [6, 6.07) is 9.31. The average Bonchev–Trinajstić information content (AvgIpc) is 2.98. The number of hydrogen-bond donors (Lipinski definition) is 3. The van der Waals surface area contributed by atoms with Gasteiger partial charge in [0.05, 0.1) is 11.0 Å². The predicted molar refractivity (Wildman–Crippen MR) is 97.9 cm³/mol. The Bertz CT molecular complexity index is 940. The summed E-state index contributed by atoms with van der Waals surface area (Å²) in [5.41, 5.74) is 2.42. The van der Waals surface area contributed by atoms with E-state index < -0.39 is 0 Å². The fourth-order valence-corrected chi connectivity index (χ4v) is 2.45. The molecule has 3 rings (SSSR count). The quantitative estimate of drug-likeness (QED) is 0.663. The number of fused-ring (bicyclic) bond motifs is 1. The number of hydrogen-bond acceptors (Lipinski definition) is 4. The minimum Gasteiger partial charge on any atom is -0.357 e. The van der Waals surface area contributed by atoms with Crippen molar-refractivity contribution in [1.29, 1.82) is 0 Å². The number of anilines is 1. The maximum Gasteiger partial charge on any atom is 0.323 e. The largest absolute Gasteiger partial charge is 0.357 e. The lowest BCUT2D eigenvalue weighted by atomic mass is 10.2. The molecule has 0 aliphatic rings. The van der Waals surface area contributed by atoms with Crippen molar-refractivity contribution in [2.75, 3.05) is 11.9 Å². The van der Waals surface area contributed by atoms with Crippen LogP contribution in [0.1, 0.15) is 29.8 Å². The highest BCUT2D eigenvalue weighted by Gasteiger charge is 2.09. The van der Waals surface area contributed by atoms with E-state index in [2.05, 4.69) is 39.0 Å². The minimum atomic E-state index is -0.287. The lowest BCUT2D eigenvalue weighted by molar-refractivity contribution is 0.0951. The molecule has 0 bridgehead atoms. The minimum absolute atomic E-state index is 0.202. The van der Waals surface area contributed by atoms with Gasteiger partial charge in [-0.2, -0.15) is 0 Å². The third-order valence-electron chi connectivity index (χ3n) is 4.18. The van der Waals surface area contributed by atoms with Crippen molar-refractivity contribution in [3.8, 4) is 0 Å². The molecule has 3 N–H and O–H groups in total. The first kappa shape index (κ1) is 16.8. The molecule has 0 unspecified atom stereocenters. The van der Waals surface area contributed by atoms with Crippen LogP contribution in [0.5, 0.6) is 0 Å². The molecule has 7 nitrogen and oxygen atoms in total. The number of carbonyl (C=O) groups excluding carboxylic acids is 1. The van der Waals surface area contributed by atoms with Gasteiger partial charge >= 0.3 is 5.69 Å². The number of nitrogens with one attached hydrogen (secondary N) is 3. The number of nitrogens with zero attached hydrogens (tertiary/aromatic N) is 2. The Morgan fingerprint density at radius 2 is 1.96 bits per heavy atom. The molecule has 0 atom stereocenters. The van der Waals surface area contributed by atoms with E-state index in [1.807, 2.05) is 19.2 Å². The van der Waals surface area contributed by atoms with Gasteiger partial charge in [0.25, 0.3) is 5.91 Å². The number of pyridine rings is 1. The first-order valence-corrected chi connectivity index (χ1v) is 8.12. The van der Waals surface area contributed by atoms with Crippen molar-refractivity contribution in [3.05, 3.63) is 58.1 Å². The molecule has 25 heavy (non-hydrogen) atoms. The average molecular weight is 339 g/mol. The van der Waals surface area contributed by atoms with Crippen molar-refractivity contribution < 1.29 is 4.79 Å². The van der Waals surface area contributed by atoms with Gasteiger partial charge in [-0.25, -0.2) is 9.78 Å². The monoisotopic (exact) mass is 339 g/mol. The molecule has 0 fully saturated rings. The number of carbonyl (C=O) groups is 1. The Morgan fingerprint density at radius 1 is 1.20 bits per heavy atom. The molecule has 2 heterocycles. The highest BCUT2D eigenvalue weighted by atomic mass is 16.2. The maximum atomic E-state index is 12.3. The van der Waals surface area contributed by atoms with Crippen molar-refractivity contribution >= 4 is 22.8 Å². The van der Waals surface area contributed by atoms with Crippen LogP contribution in [-0.4, -0.2) is 33.9 Å². The van der Waals surface area contributed by atoms with Gasteiger partial charge in [0.1, 0.15) is 5.82 Å². The zero-order valence-electron chi connectivity index (χ0n) is 14.5. The molecule has 0 aliphatic carbocycles. The van der Waals surface area contributed by atoms with Gasteiger partial charge in [-0.15, -0.1) is 0 Å². The number of H-pyrrole nitrogens is 2. The van der Waals surface area contributed by atoms with Crippen LogP contribution in [0.2, 0.25) is 0 Å². The molecule has 0 saturated carbocycles. The Labute approximate surface area is 145 Å². The Hall–Kier alpha value is -3.09. The molecule has 7 heteroatoms. The second-order valence-corrected chi connectivity index (χ2v) is 6.25. The van der Waals surface area contributed by atoms with Gasteiger partial charge in [0, 0.05) is 31.4 Å². The van der Waals surface area contributed by atoms with Crippen LogP contribution in [0.25, 0.3) is 11.0 Å². The predicted octanol–water partition coefficient (Wildman–Crippen LogP) is 2.03. The molecule has 1 amide bonds. The third-order valence-corrected chi connectivity index (χ3v) is 4.18. The van der Waals surface area contributed by atoms with E-state index in [0.717, 1.165) is 11.4 Å². The normalized spacial score (nSPS) is 11.0. The summed E-state index contributed by atoms with van der Waals surface area (Å²) in [7, 11) is 2.00. The van der Waals surface area contributed by atoms with Crippen LogP contribution >= 0.6 is 0 Å². The number of aromatic nitrogens is 3. The summed E-state index contributed by atoms with van der Waals surface area (Å²) >= 11 is 0. The summed E-state index contributed by atoms with van der Waals surface area (Å²) in [5, 5.41) is 2.86. The van der Waals surface area contributed by atoms with Gasteiger partial charge in [0.2, 0.25) is 0 Å². The second-order valence-electron chi connectivity index (χ2n) is 6.25. The van der Waals surface area contributed by atoms with Crippen LogP contribution < -0.4 is 15.9 Å². The highest BCUT2D eigenvalue weighted by Crippen LogP contribution is 2.13. The van der Waals surface area contributed by atoms with Gasteiger partial charge in [-0.05, 0) is 43.7 Å². The van der Waals surface area contributed by atoms with E-state index in [0.29, 0.717) is 29.2 Å². The molecule has 0 aliphatic heterocycles. The number of amides is 1. The number of aromatic amines is 2. The van der Waals surface area contributed by atoms with Crippen molar-refractivity contribution in [2.45, 2.75) is 26.4 Å². The Morgan fingerprint density at radius 3 is 2.64 bits per heavy atom. The van der Waals surface area contributed by atoms with Crippen LogP contribution in [-0.2, 0) is 6.54 Å². The summed E-state index contributed by atoms with van der Waals surface area (Å²) in [6.45, 7) is 4.59. The van der Waals surface area contributed by atoms with Crippen LogP contribution in [0, 0.1) is 0 Å². The lowest BCUT2D eigenvalue weighted by Gasteiger charge is -2.22. The first-order valence-electron chi connectivity index (χ1n) is 8.12. The summed E-state index contributed by atoms with van der Waals surface area (Å²) in [5.74, 6) is 0.694. The molecule has 0 spiro atoms. The highest BCUT2D eigenvalue weighted by molar-refractivity contribution is 5.97. The van der Waals surface area contributed by atoms with E-state index in [-0.39, 0.29) is 11.6 Å². The first-order chi connectivity index (χ1) is 11.9. The van der Waals surface area contributed by atoms with Gasteiger partial charge in [-0.1, -0.05) is 6.07 Å². The van der Waals surface area contributed by atoms with Crippen molar-refractivity contribution in [2.24, 2.45) is 0 Å². The van der Waals surface area contributed by atoms with E-state index in [9.17, 15) is 9.59 Å². The number of benzene rings is 1. The molecule has 130 valence electrons. The second kappa shape index (κ2) is 6.80. The fourth-order valence-electron chi connectivity index (χ4n) is 2.45. The molecule has 0 radical (unpaired) electrons. The van der Waals surface area contributed by atoms with E-state index >= 15 is 0 Å². The Kier molecular flexibility index (Phi) is 4.56. The van der Waals surface area contributed by atoms with Crippen molar-refractivity contribution in [3.63, 3.8) is 0 Å². The SMILES string of the molecule is CC(C)N(C)c1ccc(CNC(=O)c2ccc3[nH]c(=O)[nH]c3c2)cn1. The smallest absolute Gasteiger partial charge is 0.323 e. The third kappa shape index (κ3) is 3.71. The van der Waals surface area contributed by atoms with Gasteiger partial charge in [0.15, 0.2) is 0 Å². The van der Waals surface area contributed by atoms with E-state index in [1.54, 1.807) is 24.4 Å². The standard InChI is InChI=1S/C18H21N5O2/c1-11(2)23(3)16-7-4-12(9-19-16)10-20-17(24)13-5-6-14-15(8-13)22-18(25)21-14/h4-9,11H,10H2,1-3H3,(H,20,24)(H2,21,22,25). The molecule has 0 saturated heterocycles. The van der Waals surface area contributed by atoms with Crippen LogP contribution in [0.15, 0.2) is 41.3 Å². The Balaban J connectivity index is 1.65.